The van der Waals surface area contributed by atoms with Crippen LogP contribution in [0.2, 0.25) is 0 Å². The predicted molar refractivity (Wildman–Crippen MR) is 78.6 cm³/mol. The van der Waals surface area contributed by atoms with E-state index in [-0.39, 0.29) is 0 Å². The second kappa shape index (κ2) is 6.87. The molecule has 19 heavy (non-hydrogen) atoms. The zero-order chi connectivity index (χ0) is 13.7. The Morgan fingerprint density at radius 3 is 3.05 bits per heavy atom. The Morgan fingerprint density at radius 2 is 2.42 bits per heavy atom. The monoisotopic (exact) mass is 263 g/mol. The van der Waals surface area contributed by atoms with Crippen LogP contribution in [0.3, 0.4) is 0 Å². The molecule has 0 saturated carbocycles. The maximum Gasteiger partial charge on any atom is 0.128 e. The summed E-state index contributed by atoms with van der Waals surface area (Å²) in [4.78, 5) is 6.82. The highest BCUT2D eigenvalue weighted by atomic mass is 16.5. The Bertz CT molecular complexity index is 391. The van der Waals surface area contributed by atoms with Gasteiger partial charge in [0.2, 0.25) is 0 Å². The molecule has 1 N–H and O–H groups in total. The van der Waals surface area contributed by atoms with E-state index in [1.807, 2.05) is 13.2 Å². The highest BCUT2D eigenvalue weighted by molar-refractivity contribution is 5.41. The number of pyridine rings is 1. The minimum Gasteiger partial charge on any atom is -0.376 e. The minimum atomic E-state index is 0.350. The van der Waals surface area contributed by atoms with Crippen molar-refractivity contribution < 1.29 is 4.74 Å². The normalized spacial score (nSPS) is 20.5. The van der Waals surface area contributed by atoms with E-state index in [9.17, 15) is 0 Å². The van der Waals surface area contributed by atoms with Crippen molar-refractivity contribution in [1.82, 2.24) is 10.3 Å². The van der Waals surface area contributed by atoms with Crippen LogP contribution in [0.25, 0.3) is 0 Å². The standard InChI is InChI=1S/C15H25N3O/c1-4-18(11-14-6-5-9-19-14)15-10-13(7-8-17-15)12(2)16-3/h7-8,10,12,14,16H,4-6,9,11H2,1-3H3. The van der Waals surface area contributed by atoms with Crippen LogP contribution in [0, 0.1) is 0 Å². The predicted octanol–water partition coefficient (Wildman–Crippen LogP) is 2.37. The summed E-state index contributed by atoms with van der Waals surface area (Å²) in [5.41, 5.74) is 1.28. The second-order valence-electron chi connectivity index (χ2n) is 5.13. The largest absolute Gasteiger partial charge is 0.376 e. The van der Waals surface area contributed by atoms with Crippen LogP contribution in [0.15, 0.2) is 18.3 Å². The van der Waals surface area contributed by atoms with Crippen molar-refractivity contribution in [2.45, 2.75) is 38.8 Å². The van der Waals surface area contributed by atoms with Crippen molar-refractivity contribution >= 4 is 5.82 Å². The van der Waals surface area contributed by atoms with Gasteiger partial charge in [-0.15, -0.1) is 0 Å². The van der Waals surface area contributed by atoms with Crippen LogP contribution in [-0.2, 0) is 4.74 Å². The number of anilines is 1. The molecule has 0 spiro atoms. The molecule has 2 heterocycles. The van der Waals surface area contributed by atoms with Gasteiger partial charge in [-0.25, -0.2) is 4.98 Å². The summed E-state index contributed by atoms with van der Waals surface area (Å²) in [7, 11) is 1.98. The molecule has 0 aromatic carbocycles. The number of ether oxygens (including phenoxy) is 1. The van der Waals surface area contributed by atoms with Crippen LogP contribution < -0.4 is 10.2 Å². The molecule has 0 aliphatic carbocycles. The van der Waals surface area contributed by atoms with E-state index >= 15 is 0 Å². The molecule has 1 fully saturated rings. The molecule has 1 aromatic rings. The molecule has 2 unspecified atom stereocenters. The Morgan fingerprint density at radius 1 is 1.58 bits per heavy atom. The van der Waals surface area contributed by atoms with Crippen LogP contribution in [0.5, 0.6) is 0 Å². The zero-order valence-electron chi connectivity index (χ0n) is 12.2. The fourth-order valence-electron chi connectivity index (χ4n) is 2.46. The number of nitrogens with zero attached hydrogens (tertiary/aromatic N) is 2. The first-order valence-corrected chi connectivity index (χ1v) is 7.24. The lowest BCUT2D eigenvalue weighted by Gasteiger charge is -2.25. The van der Waals surface area contributed by atoms with E-state index in [0.29, 0.717) is 12.1 Å². The molecule has 0 amide bonds. The van der Waals surface area contributed by atoms with Gasteiger partial charge in [0.1, 0.15) is 5.82 Å². The fourth-order valence-corrected chi connectivity index (χ4v) is 2.46. The molecule has 1 aromatic heterocycles. The molecule has 106 valence electrons. The molecule has 1 aliphatic rings. The molecule has 2 atom stereocenters. The third-order valence-corrected chi connectivity index (χ3v) is 3.86. The molecule has 0 bridgehead atoms. The number of likely N-dealkylation sites (N-methyl/N-ethyl adjacent to an activating group) is 1. The van der Waals surface area contributed by atoms with Crippen molar-refractivity contribution in [3.05, 3.63) is 23.9 Å². The SMILES string of the molecule is CCN(CC1CCCO1)c1cc(C(C)NC)ccn1. The van der Waals surface area contributed by atoms with Gasteiger partial charge in [-0.3, -0.25) is 0 Å². The summed E-state index contributed by atoms with van der Waals surface area (Å²) in [6.07, 6.45) is 4.62. The van der Waals surface area contributed by atoms with Crippen molar-refractivity contribution in [3.8, 4) is 0 Å². The molecule has 4 heteroatoms. The van der Waals surface area contributed by atoms with E-state index in [4.69, 9.17) is 4.74 Å². The number of rotatable bonds is 6. The highest BCUT2D eigenvalue weighted by Crippen LogP contribution is 2.20. The minimum absolute atomic E-state index is 0.350. The highest BCUT2D eigenvalue weighted by Gasteiger charge is 2.19. The Labute approximate surface area is 116 Å². The van der Waals surface area contributed by atoms with Gasteiger partial charge in [-0.05, 0) is 51.4 Å². The van der Waals surface area contributed by atoms with Crippen LogP contribution in [-0.4, -0.2) is 37.8 Å². The molecule has 4 nitrogen and oxygen atoms in total. The average molecular weight is 263 g/mol. The topological polar surface area (TPSA) is 37.4 Å². The average Bonchev–Trinajstić information content (AvgIpc) is 2.97. The summed E-state index contributed by atoms with van der Waals surface area (Å²) in [6, 6.07) is 4.60. The van der Waals surface area contributed by atoms with Crippen LogP contribution in [0.1, 0.15) is 38.3 Å². The lowest BCUT2D eigenvalue weighted by atomic mass is 10.1. The smallest absolute Gasteiger partial charge is 0.128 e. The van der Waals surface area contributed by atoms with Gasteiger partial charge in [-0.1, -0.05) is 0 Å². The summed E-state index contributed by atoms with van der Waals surface area (Å²) < 4.78 is 5.72. The lowest BCUT2D eigenvalue weighted by Crippen LogP contribution is -2.32. The van der Waals surface area contributed by atoms with Crippen molar-refractivity contribution in [2.24, 2.45) is 0 Å². The Kier molecular flexibility index (Phi) is 5.16. The Balaban J connectivity index is 2.08. The van der Waals surface area contributed by atoms with Crippen LogP contribution >= 0.6 is 0 Å². The molecule has 0 radical (unpaired) electrons. The first kappa shape index (κ1) is 14.3. The van der Waals surface area contributed by atoms with Crippen molar-refractivity contribution in [3.63, 3.8) is 0 Å². The van der Waals surface area contributed by atoms with E-state index in [1.54, 1.807) is 0 Å². The zero-order valence-corrected chi connectivity index (χ0v) is 12.2. The fraction of sp³-hybridized carbons (Fsp3) is 0.667. The van der Waals surface area contributed by atoms with Gasteiger partial charge < -0.3 is 15.0 Å². The molecular weight excluding hydrogens is 238 g/mol. The number of aromatic nitrogens is 1. The van der Waals surface area contributed by atoms with E-state index in [1.165, 1.54) is 18.4 Å². The molecule has 1 aliphatic heterocycles. The molecule has 2 rings (SSSR count). The van der Waals surface area contributed by atoms with Crippen molar-refractivity contribution in [2.75, 3.05) is 31.6 Å². The second-order valence-corrected chi connectivity index (χ2v) is 5.13. The van der Waals surface area contributed by atoms with E-state index < -0.39 is 0 Å². The Hall–Kier alpha value is -1.13. The maximum absolute atomic E-state index is 5.72. The number of hydrogen-bond donors (Lipinski definition) is 1. The quantitative estimate of drug-likeness (QED) is 0.855. The summed E-state index contributed by atoms with van der Waals surface area (Å²) >= 11 is 0. The maximum atomic E-state index is 5.72. The summed E-state index contributed by atoms with van der Waals surface area (Å²) in [6.45, 7) is 7.15. The lowest BCUT2D eigenvalue weighted by molar-refractivity contribution is 0.115. The van der Waals surface area contributed by atoms with Gasteiger partial charge in [-0.2, -0.15) is 0 Å². The first-order chi connectivity index (χ1) is 9.24. The number of nitrogens with one attached hydrogen (secondary N) is 1. The molecule has 1 saturated heterocycles. The number of hydrogen-bond acceptors (Lipinski definition) is 4. The van der Waals surface area contributed by atoms with E-state index in [2.05, 4.69) is 41.2 Å². The van der Waals surface area contributed by atoms with Gasteiger partial charge in [0.15, 0.2) is 0 Å². The van der Waals surface area contributed by atoms with Gasteiger partial charge in [0.25, 0.3) is 0 Å². The van der Waals surface area contributed by atoms with Crippen molar-refractivity contribution in [1.29, 1.82) is 0 Å². The summed E-state index contributed by atoms with van der Waals surface area (Å²) in [5, 5.41) is 3.27. The first-order valence-electron chi connectivity index (χ1n) is 7.24. The summed E-state index contributed by atoms with van der Waals surface area (Å²) in [5.74, 6) is 1.05. The van der Waals surface area contributed by atoms with Crippen LogP contribution in [0.4, 0.5) is 5.82 Å². The van der Waals surface area contributed by atoms with Gasteiger partial charge >= 0.3 is 0 Å². The third kappa shape index (κ3) is 3.67. The third-order valence-electron chi connectivity index (χ3n) is 3.86. The molecular formula is C15H25N3O. The van der Waals surface area contributed by atoms with Gasteiger partial charge in [0.05, 0.1) is 6.10 Å². The van der Waals surface area contributed by atoms with E-state index in [0.717, 1.165) is 25.5 Å². The van der Waals surface area contributed by atoms with Gasteiger partial charge in [0, 0.05) is 31.9 Å².